The molecule has 0 radical (unpaired) electrons. The summed E-state index contributed by atoms with van der Waals surface area (Å²) in [7, 11) is 0. The molecule has 1 aromatic carbocycles. The van der Waals surface area contributed by atoms with Gasteiger partial charge in [-0.2, -0.15) is 15.0 Å². The van der Waals surface area contributed by atoms with E-state index in [0.717, 1.165) is 6.07 Å². The van der Waals surface area contributed by atoms with Gasteiger partial charge in [0.15, 0.2) is 11.6 Å². The molecular weight excluding hydrogens is 343 g/mol. The predicted octanol–water partition coefficient (Wildman–Crippen LogP) is 3.63. The fourth-order valence-corrected chi connectivity index (χ4v) is 1.85. The van der Waals surface area contributed by atoms with Crippen LogP contribution in [0.15, 0.2) is 16.6 Å². The molecule has 4 nitrogen and oxygen atoms in total. The van der Waals surface area contributed by atoms with Crippen molar-refractivity contribution in [1.29, 1.82) is 0 Å². The zero-order valence-electron chi connectivity index (χ0n) is 9.62. The number of benzene rings is 1. The van der Waals surface area contributed by atoms with Crippen molar-refractivity contribution in [2.24, 2.45) is 0 Å². The van der Waals surface area contributed by atoms with Crippen molar-refractivity contribution in [3.05, 3.63) is 33.5 Å². The topological polar surface area (TPSA) is 47.9 Å². The molecule has 0 spiro atoms. The molecule has 19 heavy (non-hydrogen) atoms. The van der Waals surface area contributed by atoms with Gasteiger partial charge < -0.3 is 4.74 Å². The third-order valence-electron chi connectivity index (χ3n) is 2.13. The highest BCUT2D eigenvalue weighted by Gasteiger charge is 2.19. The van der Waals surface area contributed by atoms with E-state index in [1.807, 2.05) is 0 Å². The van der Waals surface area contributed by atoms with Crippen LogP contribution in [-0.2, 0) is 0 Å². The van der Waals surface area contributed by atoms with Gasteiger partial charge in [-0.05, 0) is 46.6 Å². The van der Waals surface area contributed by atoms with E-state index in [2.05, 4.69) is 30.9 Å². The van der Waals surface area contributed by atoms with E-state index in [1.54, 1.807) is 6.92 Å². The molecule has 1 heterocycles. The van der Waals surface area contributed by atoms with Gasteiger partial charge in [-0.25, -0.2) is 8.78 Å². The Morgan fingerprint density at radius 3 is 2.68 bits per heavy atom. The Bertz CT molecular complexity index is 627. The van der Waals surface area contributed by atoms with Gasteiger partial charge in [0.25, 0.3) is 0 Å². The Balaban J connectivity index is 2.62. The molecule has 0 aliphatic carbocycles. The maximum Gasteiger partial charge on any atom is 0.321 e. The minimum Gasteiger partial charge on any atom is -0.464 e. The Morgan fingerprint density at radius 1 is 1.26 bits per heavy atom. The van der Waals surface area contributed by atoms with Crippen LogP contribution in [0.2, 0.25) is 5.28 Å². The van der Waals surface area contributed by atoms with Crippen LogP contribution in [0.5, 0.6) is 6.01 Å². The van der Waals surface area contributed by atoms with Gasteiger partial charge in [-0.1, -0.05) is 0 Å². The van der Waals surface area contributed by atoms with E-state index < -0.39 is 11.6 Å². The molecule has 1 aromatic heterocycles. The summed E-state index contributed by atoms with van der Waals surface area (Å²) in [5.41, 5.74) is -0.389. The van der Waals surface area contributed by atoms with Crippen LogP contribution < -0.4 is 4.74 Å². The van der Waals surface area contributed by atoms with Gasteiger partial charge in [0.05, 0.1) is 16.6 Å². The molecular formula is C11H7BrClF2N3O. The van der Waals surface area contributed by atoms with E-state index in [4.69, 9.17) is 16.3 Å². The first-order valence-corrected chi connectivity index (χ1v) is 6.38. The minimum absolute atomic E-state index is 0.0868. The largest absolute Gasteiger partial charge is 0.464 e. The van der Waals surface area contributed by atoms with Crippen molar-refractivity contribution in [3.8, 4) is 17.4 Å². The standard InChI is InChI=1S/C11H7BrClF2N3O/c1-2-19-11-17-9(16-10(13)18-11)7-6(14)4-3-5(12)8(7)15/h3-4H,2H2,1H3. The summed E-state index contributed by atoms with van der Waals surface area (Å²) in [6.45, 7) is 2.01. The van der Waals surface area contributed by atoms with Crippen LogP contribution in [0.4, 0.5) is 8.78 Å². The lowest BCUT2D eigenvalue weighted by Crippen LogP contribution is -2.03. The van der Waals surface area contributed by atoms with Gasteiger partial charge in [0, 0.05) is 0 Å². The summed E-state index contributed by atoms with van der Waals surface area (Å²) < 4.78 is 32.8. The molecule has 0 atom stereocenters. The molecule has 0 bridgehead atoms. The molecule has 2 rings (SSSR count). The normalized spacial score (nSPS) is 10.6. The smallest absolute Gasteiger partial charge is 0.321 e. The number of hydrogen-bond acceptors (Lipinski definition) is 4. The monoisotopic (exact) mass is 349 g/mol. The summed E-state index contributed by atoms with van der Waals surface area (Å²) in [6.07, 6.45) is 0. The molecule has 8 heteroatoms. The van der Waals surface area contributed by atoms with Gasteiger partial charge >= 0.3 is 6.01 Å². The average Bonchev–Trinajstić information content (AvgIpc) is 2.34. The second-order valence-corrected chi connectivity index (χ2v) is 4.55. The third-order valence-corrected chi connectivity index (χ3v) is 2.91. The molecule has 0 saturated carbocycles. The highest BCUT2D eigenvalue weighted by molar-refractivity contribution is 9.10. The molecule has 100 valence electrons. The lowest BCUT2D eigenvalue weighted by atomic mass is 10.2. The second-order valence-electron chi connectivity index (χ2n) is 3.36. The van der Waals surface area contributed by atoms with E-state index in [0.29, 0.717) is 6.61 Å². The fraction of sp³-hybridized carbons (Fsp3) is 0.182. The van der Waals surface area contributed by atoms with E-state index in [-0.39, 0.29) is 27.2 Å². The third kappa shape index (κ3) is 2.98. The number of hydrogen-bond donors (Lipinski definition) is 0. The average molecular weight is 351 g/mol. The molecule has 0 saturated heterocycles. The summed E-state index contributed by atoms with van der Waals surface area (Å²) in [5.74, 6) is -1.84. The van der Waals surface area contributed by atoms with E-state index in [1.165, 1.54) is 6.07 Å². The maximum atomic E-state index is 13.9. The SMILES string of the molecule is CCOc1nc(Cl)nc(-c2c(F)ccc(Br)c2F)n1. The lowest BCUT2D eigenvalue weighted by molar-refractivity contribution is 0.311. The van der Waals surface area contributed by atoms with Gasteiger partial charge in [0.2, 0.25) is 5.28 Å². The number of rotatable bonds is 3. The number of aromatic nitrogens is 3. The highest BCUT2D eigenvalue weighted by atomic mass is 79.9. The lowest BCUT2D eigenvalue weighted by Gasteiger charge is -2.07. The van der Waals surface area contributed by atoms with Crippen molar-refractivity contribution < 1.29 is 13.5 Å². The number of nitrogens with zero attached hydrogens (tertiary/aromatic N) is 3. The first-order chi connectivity index (χ1) is 9.02. The highest BCUT2D eigenvalue weighted by Crippen LogP contribution is 2.29. The maximum absolute atomic E-state index is 13.9. The van der Waals surface area contributed by atoms with Crippen LogP contribution in [0.1, 0.15) is 6.92 Å². The van der Waals surface area contributed by atoms with Crippen LogP contribution in [0.3, 0.4) is 0 Å². The Labute approximate surface area is 120 Å². The van der Waals surface area contributed by atoms with Crippen LogP contribution in [-0.4, -0.2) is 21.6 Å². The molecule has 0 N–H and O–H groups in total. The van der Waals surface area contributed by atoms with Crippen LogP contribution in [0, 0.1) is 11.6 Å². The minimum atomic E-state index is -0.815. The summed E-state index contributed by atoms with van der Waals surface area (Å²) in [4.78, 5) is 11.2. The first-order valence-electron chi connectivity index (χ1n) is 5.21. The zero-order chi connectivity index (χ0) is 14.0. The molecule has 0 aliphatic heterocycles. The van der Waals surface area contributed by atoms with Crippen molar-refractivity contribution in [2.75, 3.05) is 6.61 Å². The zero-order valence-corrected chi connectivity index (χ0v) is 12.0. The van der Waals surface area contributed by atoms with Crippen molar-refractivity contribution >= 4 is 27.5 Å². The summed E-state index contributed by atoms with van der Waals surface area (Å²) in [5, 5.41) is -0.202. The second kappa shape index (κ2) is 5.75. The number of halogens is 4. The first kappa shape index (κ1) is 14.1. The Morgan fingerprint density at radius 2 is 2.00 bits per heavy atom. The summed E-state index contributed by atoms with van der Waals surface area (Å²) >= 11 is 8.65. The quantitative estimate of drug-likeness (QED) is 0.793. The molecule has 0 unspecified atom stereocenters. The molecule has 0 fully saturated rings. The fourth-order valence-electron chi connectivity index (χ4n) is 1.37. The molecule has 0 aliphatic rings. The van der Waals surface area contributed by atoms with Crippen molar-refractivity contribution in [3.63, 3.8) is 0 Å². The van der Waals surface area contributed by atoms with Gasteiger partial charge in [-0.3, -0.25) is 0 Å². The Hall–Kier alpha value is -1.34. The molecule has 2 aromatic rings. The van der Waals surface area contributed by atoms with Gasteiger partial charge in [0.1, 0.15) is 5.82 Å². The van der Waals surface area contributed by atoms with Crippen LogP contribution in [0.25, 0.3) is 11.4 Å². The van der Waals surface area contributed by atoms with Crippen molar-refractivity contribution in [1.82, 2.24) is 15.0 Å². The van der Waals surface area contributed by atoms with E-state index in [9.17, 15) is 8.78 Å². The van der Waals surface area contributed by atoms with Gasteiger partial charge in [-0.15, -0.1) is 0 Å². The van der Waals surface area contributed by atoms with E-state index >= 15 is 0 Å². The molecule has 0 amide bonds. The van der Waals surface area contributed by atoms with Crippen molar-refractivity contribution in [2.45, 2.75) is 6.92 Å². The van der Waals surface area contributed by atoms with Crippen LogP contribution >= 0.6 is 27.5 Å². The number of ether oxygens (including phenoxy) is 1. The summed E-state index contributed by atoms with van der Waals surface area (Å²) in [6, 6.07) is 2.26. The predicted molar refractivity (Wildman–Crippen MR) is 69.1 cm³/mol. The Kier molecular flexibility index (Phi) is 4.26.